The quantitative estimate of drug-likeness (QED) is 0.710. The Morgan fingerprint density at radius 1 is 1.25 bits per heavy atom. The molecule has 1 amide bonds. The number of rotatable bonds is 6. The average Bonchev–Trinajstić information content (AvgIpc) is 2.99. The number of carbonyl (C=O) groups excluding carboxylic acids is 1. The number of halogens is 1. The van der Waals surface area contributed by atoms with Crippen LogP contribution in [0.25, 0.3) is 16.7 Å². The van der Waals surface area contributed by atoms with Gasteiger partial charge in [0.05, 0.1) is 11.4 Å². The molecule has 0 atom stereocenters. The van der Waals surface area contributed by atoms with Gasteiger partial charge in [0, 0.05) is 30.5 Å². The van der Waals surface area contributed by atoms with Crippen LogP contribution in [0, 0.1) is 19.7 Å². The SMILES string of the molecule is CCNC(=O)CCc1c(C)c2c(C)nn(-c3cccc(F)c3)c2n(CC)c1=O. The number of aromatic nitrogens is 3. The Morgan fingerprint density at radius 2 is 2.00 bits per heavy atom. The molecule has 0 spiro atoms. The lowest BCUT2D eigenvalue weighted by molar-refractivity contribution is -0.120. The Labute approximate surface area is 163 Å². The van der Waals surface area contributed by atoms with E-state index in [1.807, 2.05) is 27.7 Å². The summed E-state index contributed by atoms with van der Waals surface area (Å²) in [5.74, 6) is -0.434. The number of nitrogens with one attached hydrogen (secondary N) is 1. The van der Waals surface area contributed by atoms with E-state index in [-0.39, 0.29) is 23.7 Å². The Hall–Kier alpha value is -2.96. The van der Waals surface area contributed by atoms with Crippen molar-refractivity contribution in [2.75, 3.05) is 6.54 Å². The minimum Gasteiger partial charge on any atom is -0.356 e. The highest BCUT2D eigenvalue weighted by molar-refractivity contribution is 5.85. The Morgan fingerprint density at radius 3 is 2.64 bits per heavy atom. The van der Waals surface area contributed by atoms with Gasteiger partial charge < -0.3 is 5.32 Å². The maximum absolute atomic E-state index is 13.8. The molecular weight excluding hydrogens is 359 g/mol. The van der Waals surface area contributed by atoms with Gasteiger partial charge in [-0.3, -0.25) is 14.2 Å². The Bertz CT molecular complexity index is 1100. The number of aryl methyl sites for hydroxylation is 3. The van der Waals surface area contributed by atoms with E-state index in [0.717, 1.165) is 16.6 Å². The van der Waals surface area contributed by atoms with Crippen molar-refractivity contribution in [2.45, 2.75) is 47.1 Å². The summed E-state index contributed by atoms with van der Waals surface area (Å²) in [4.78, 5) is 25.1. The first-order valence-corrected chi connectivity index (χ1v) is 9.53. The van der Waals surface area contributed by atoms with E-state index in [9.17, 15) is 14.0 Å². The van der Waals surface area contributed by atoms with Crippen LogP contribution < -0.4 is 10.9 Å². The predicted octanol–water partition coefficient (Wildman–Crippen LogP) is 3.03. The second-order valence-corrected chi connectivity index (χ2v) is 6.78. The molecule has 6 nitrogen and oxygen atoms in total. The second-order valence-electron chi connectivity index (χ2n) is 6.78. The number of pyridine rings is 1. The lowest BCUT2D eigenvalue weighted by Crippen LogP contribution is -2.28. The van der Waals surface area contributed by atoms with E-state index < -0.39 is 0 Å². The normalized spacial score (nSPS) is 11.2. The molecule has 1 N–H and O–H groups in total. The average molecular weight is 384 g/mol. The molecule has 0 fully saturated rings. The summed E-state index contributed by atoms with van der Waals surface area (Å²) in [5.41, 5.74) is 3.30. The van der Waals surface area contributed by atoms with Crippen LogP contribution in [-0.2, 0) is 17.8 Å². The smallest absolute Gasteiger partial charge is 0.255 e. The van der Waals surface area contributed by atoms with Crippen molar-refractivity contribution in [3.8, 4) is 5.69 Å². The van der Waals surface area contributed by atoms with Gasteiger partial charge in [0.2, 0.25) is 5.91 Å². The molecule has 3 aromatic rings. The Balaban J connectivity index is 2.22. The van der Waals surface area contributed by atoms with Gasteiger partial charge in [0.1, 0.15) is 11.5 Å². The lowest BCUT2D eigenvalue weighted by atomic mass is 10.0. The molecule has 2 heterocycles. The van der Waals surface area contributed by atoms with Crippen molar-refractivity contribution in [1.82, 2.24) is 19.7 Å². The second kappa shape index (κ2) is 7.96. The van der Waals surface area contributed by atoms with Gasteiger partial charge in [0.25, 0.3) is 5.56 Å². The molecule has 0 radical (unpaired) electrons. The number of fused-ring (bicyclic) bond motifs is 1. The largest absolute Gasteiger partial charge is 0.356 e. The van der Waals surface area contributed by atoms with Crippen molar-refractivity contribution in [2.24, 2.45) is 0 Å². The topological polar surface area (TPSA) is 68.9 Å². The van der Waals surface area contributed by atoms with Crippen molar-refractivity contribution in [3.63, 3.8) is 0 Å². The number of hydrogen-bond acceptors (Lipinski definition) is 3. The summed E-state index contributed by atoms with van der Waals surface area (Å²) >= 11 is 0. The van der Waals surface area contributed by atoms with Crippen molar-refractivity contribution in [1.29, 1.82) is 0 Å². The number of carbonyl (C=O) groups is 1. The van der Waals surface area contributed by atoms with Crippen LogP contribution in [0.4, 0.5) is 4.39 Å². The minimum atomic E-state index is -0.362. The van der Waals surface area contributed by atoms with Crippen molar-refractivity contribution < 1.29 is 9.18 Å². The van der Waals surface area contributed by atoms with E-state index >= 15 is 0 Å². The van der Waals surface area contributed by atoms with Crippen LogP contribution >= 0.6 is 0 Å². The first kappa shape index (κ1) is 19.8. The molecule has 0 aliphatic carbocycles. The third kappa shape index (κ3) is 3.44. The third-order valence-corrected chi connectivity index (χ3v) is 4.97. The molecular formula is C21H25FN4O2. The molecule has 28 heavy (non-hydrogen) atoms. The maximum atomic E-state index is 13.8. The molecule has 0 bridgehead atoms. The first-order chi connectivity index (χ1) is 13.4. The molecule has 0 aliphatic heterocycles. The van der Waals surface area contributed by atoms with Crippen molar-refractivity contribution in [3.05, 3.63) is 57.3 Å². The zero-order chi connectivity index (χ0) is 20.4. The predicted molar refractivity (Wildman–Crippen MR) is 107 cm³/mol. The molecule has 3 rings (SSSR count). The standard InChI is InChI=1S/C21H25FN4O2/c1-5-23-18(27)11-10-17-13(3)19-14(4)24-26(16-9-7-8-15(22)12-16)20(19)25(6-2)21(17)28/h7-9,12H,5-6,10-11H2,1-4H3,(H,23,27). The fourth-order valence-electron chi connectivity index (χ4n) is 3.67. The zero-order valence-corrected chi connectivity index (χ0v) is 16.7. The van der Waals surface area contributed by atoms with E-state index in [2.05, 4.69) is 10.4 Å². The molecule has 7 heteroatoms. The summed E-state index contributed by atoms with van der Waals surface area (Å²) < 4.78 is 17.0. The molecule has 148 valence electrons. The van der Waals surface area contributed by atoms with Crippen LogP contribution in [0.15, 0.2) is 29.1 Å². The van der Waals surface area contributed by atoms with Crippen molar-refractivity contribution >= 4 is 16.9 Å². The van der Waals surface area contributed by atoms with Gasteiger partial charge in [-0.1, -0.05) is 6.07 Å². The Kier molecular flexibility index (Phi) is 5.63. The van der Waals surface area contributed by atoms with E-state index in [1.54, 1.807) is 21.4 Å². The molecule has 0 unspecified atom stereocenters. The van der Waals surface area contributed by atoms with Crippen LogP contribution in [0.3, 0.4) is 0 Å². The van der Waals surface area contributed by atoms with Crippen LogP contribution in [0.1, 0.15) is 37.1 Å². The minimum absolute atomic E-state index is 0.0726. The van der Waals surface area contributed by atoms with Crippen LogP contribution in [0.2, 0.25) is 0 Å². The fraction of sp³-hybridized carbons (Fsp3) is 0.381. The molecule has 0 saturated heterocycles. The molecule has 1 aromatic carbocycles. The highest BCUT2D eigenvalue weighted by Crippen LogP contribution is 2.26. The lowest BCUT2D eigenvalue weighted by Gasteiger charge is -2.14. The zero-order valence-electron chi connectivity index (χ0n) is 16.7. The van der Waals surface area contributed by atoms with Crippen LogP contribution in [-0.4, -0.2) is 26.8 Å². The highest BCUT2D eigenvalue weighted by Gasteiger charge is 2.21. The monoisotopic (exact) mass is 384 g/mol. The van der Waals surface area contributed by atoms with Crippen LogP contribution in [0.5, 0.6) is 0 Å². The molecule has 2 aromatic heterocycles. The van der Waals surface area contributed by atoms with E-state index in [0.29, 0.717) is 36.4 Å². The van der Waals surface area contributed by atoms with Gasteiger partial charge in [-0.2, -0.15) is 5.10 Å². The van der Waals surface area contributed by atoms with Gasteiger partial charge >= 0.3 is 0 Å². The number of amides is 1. The summed E-state index contributed by atoms with van der Waals surface area (Å²) in [6.07, 6.45) is 0.632. The van der Waals surface area contributed by atoms with E-state index in [1.165, 1.54) is 12.1 Å². The summed E-state index contributed by atoms with van der Waals surface area (Å²) in [5, 5.41) is 8.22. The number of nitrogens with zero attached hydrogens (tertiary/aromatic N) is 3. The van der Waals surface area contributed by atoms with Gasteiger partial charge in [-0.05, 0) is 57.9 Å². The summed E-state index contributed by atoms with van der Waals surface area (Å²) in [7, 11) is 0. The van der Waals surface area contributed by atoms with E-state index in [4.69, 9.17) is 0 Å². The molecule has 0 saturated carbocycles. The van der Waals surface area contributed by atoms with Gasteiger partial charge in [-0.15, -0.1) is 0 Å². The molecule has 0 aliphatic rings. The third-order valence-electron chi connectivity index (χ3n) is 4.97. The van der Waals surface area contributed by atoms with Gasteiger partial charge in [-0.25, -0.2) is 9.07 Å². The fourth-order valence-corrected chi connectivity index (χ4v) is 3.67. The number of hydrogen-bond donors (Lipinski definition) is 1. The maximum Gasteiger partial charge on any atom is 0.255 e. The number of benzene rings is 1. The highest BCUT2D eigenvalue weighted by atomic mass is 19.1. The summed E-state index contributed by atoms with van der Waals surface area (Å²) in [6, 6.07) is 6.15. The van der Waals surface area contributed by atoms with Gasteiger partial charge in [0.15, 0.2) is 0 Å². The first-order valence-electron chi connectivity index (χ1n) is 9.53. The summed E-state index contributed by atoms with van der Waals surface area (Å²) in [6.45, 7) is 8.54.